The highest BCUT2D eigenvalue weighted by Crippen LogP contribution is 2.34. The molecule has 3 aromatic carbocycles. The number of carbonyl (C=O) groups is 2. The van der Waals surface area contributed by atoms with Crippen LogP contribution in [0.4, 0.5) is 17.6 Å². The molecule has 2 fully saturated rings. The first-order valence-corrected chi connectivity index (χ1v) is 19.2. The Morgan fingerprint density at radius 3 is 2.05 bits per heavy atom. The fraction of sp³-hybridized carbons (Fsp3) is 0.214. The Labute approximate surface area is 331 Å². The zero-order chi connectivity index (χ0) is 39.2. The summed E-state index contributed by atoms with van der Waals surface area (Å²) < 4.78 is 9.36. The molecule has 0 bridgehead atoms. The summed E-state index contributed by atoms with van der Waals surface area (Å²) in [6, 6.07) is 34.3. The molecule has 5 aromatic heterocycles. The zero-order valence-electron chi connectivity index (χ0n) is 31.4. The van der Waals surface area contributed by atoms with E-state index in [4.69, 9.17) is 14.8 Å². The maximum atomic E-state index is 12.7. The molecule has 2 saturated carbocycles. The number of ether oxygens (including phenoxy) is 1. The van der Waals surface area contributed by atoms with Gasteiger partial charge in [0.2, 0.25) is 29.5 Å². The molecule has 0 saturated heterocycles. The van der Waals surface area contributed by atoms with Gasteiger partial charge in [-0.1, -0.05) is 47.7 Å². The quantitative estimate of drug-likeness (QED) is 0.121. The number of aromatic nitrogens is 10. The fourth-order valence-corrected chi connectivity index (χ4v) is 6.91. The van der Waals surface area contributed by atoms with E-state index in [-0.39, 0.29) is 36.2 Å². The lowest BCUT2D eigenvalue weighted by Crippen LogP contribution is -2.16. The van der Waals surface area contributed by atoms with Crippen LogP contribution in [0.3, 0.4) is 0 Å². The normalized spacial score (nSPS) is 13.8. The second-order valence-corrected chi connectivity index (χ2v) is 14.7. The van der Waals surface area contributed by atoms with Crippen LogP contribution in [0, 0.1) is 11.8 Å². The molecule has 3 N–H and O–H groups in total. The molecule has 16 heteroatoms. The van der Waals surface area contributed by atoms with Gasteiger partial charge in [0.15, 0.2) is 17.9 Å². The van der Waals surface area contributed by atoms with Gasteiger partial charge in [-0.15, -0.1) is 20.4 Å². The minimum atomic E-state index is -0.0536. The third kappa shape index (κ3) is 7.18. The molecule has 0 unspecified atom stereocenters. The summed E-state index contributed by atoms with van der Waals surface area (Å²) in [5, 5.41) is 28.9. The summed E-state index contributed by atoms with van der Waals surface area (Å²) in [6.07, 6.45) is 3.61. The van der Waals surface area contributed by atoms with Gasteiger partial charge in [0.1, 0.15) is 5.75 Å². The number of nitrogens with one attached hydrogen (secondary N) is 3. The van der Waals surface area contributed by atoms with Crippen LogP contribution >= 0.6 is 0 Å². The molecule has 0 spiro atoms. The van der Waals surface area contributed by atoms with Gasteiger partial charge in [-0.2, -0.15) is 15.2 Å². The number of nitrogens with zero attached hydrogens (tertiary/aromatic N) is 10. The average molecular weight is 772 g/mol. The minimum Gasteiger partial charge on any atom is -0.485 e. The molecule has 16 nitrogen and oxygen atoms in total. The highest BCUT2D eigenvalue weighted by Gasteiger charge is 2.31. The number of hydrogen-bond acceptors (Lipinski definition) is 11. The molecule has 10 rings (SSSR count). The van der Waals surface area contributed by atoms with E-state index in [1.165, 1.54) is 0 Å². The van der Waals surface area contributed by atoms with Crippen LogP contribution in [0.5, 0.6) is 5.75 Å². The van der Waals surface area contributed by atoms with Crippen molar-refractivity contribution in [2.75, 3.05) is 22.6 Å². The smallest absolute Gasteiger partial charge is 0.249 e. The number of aromatic amines is 1. The highest BCUT2D eigenvalue weighted by molar-refractivity contribution is 5.93. The Bertz CT molecular complexity index is 2770. The van der Waals surface area contributed by atoms with Crippen molar-refractivity contribution in [2.24, 2.45) is 11.8 Å². The van der Waals surface area contributed by atoms with Crippen LogP contribution in [0.1, 0.15) is 37.1 Å². The number of amides is 2. The second-order valence-electron chi connectivity index (χ2n) is 14.7. The van der Waals surface area contributed by atoms with E-state index in [9.17, 15) is 9.59 Å². The molecule has 288 valence electrons. The number of pyridine rings is 2. The van der Waals surface area contributed by atoms with E-state index in [1.54, 1.807) is 9.03 Å². The molecule has 0 radical (unpaired) electrons. The molecule has 2 aliphatic rings. The average Bonchev–Trinajstić information content (AvgIpc) is 4.15. The van der Waals surface area contributed by atoms with Crippen molar-refractivity contribution in [1.29, 1.82) is 0 Å². The maximum Gasteiger partial charge on any atom is 0.249 e. The molecule has 2 amide bonds. The Balaban J connectivity index is 0.861. The van der Waals surface area contributed by atoms with Gasteiger partial charge < -0.3 is 9.64 Å². The number of benzene rings is 3. The van der Waals surface area contributed by atoms with Crippen molar-refractivity contribution < 1.29 is 14.3 Å². The van der Waals surface area contributed by atoms with Crippen LogP contribution < -0.4 is 20.3 Å². The van der Waals surface area contributed by atoms with Crippen molar-refractivity contribution in [3.8, 4) is 39.4 Å². The SMILES string of the molecule is CN(Cc1ccc(-c2ccc(-c3ccc(OCc4nn[nH]n4)cc3)n3nc(NC(=O)C4CC4)nc23)cc1)c1ccc(-c2cccc3nc(NC(=O)C4CC4)nn23)cc1. The van der Waals surface area contributed by atoms with Crippen molar-refractivity contribution in [2.45, 2.75) is 38.8 Å². The van der Waals surface area contributed by atoms with E-state index in [2.05, 4.69) is 102 Å². The van der Waals surface area contributed by atoms with Crippen LogP contribution in [-0.2, 0) is 22.7 Å². The zero-order valence-corrected chi connectivity index (χ0v) is 31.4. The number of anilines is 3. The van der Waals surface area contributed by atoms with E-state index >= 15 is 0 Å². The Morgan fingerprint density at radius 2 is 1.38 bits per heavy atom. The van der Waals surface area contributed by atoms with Crippen LogP contribution in [0.2, 0.25) is 0 Å². The Morgan fingerprint density at radius 1 is 0.741 bits per heavy atom. The summed E-state index contributed by atoms with van der Waals surface area (Å²) in [6.45, 7) is 0.881. The van der Waals surface area contributed by atoms with Crippen molar-refractivity contribution in [3.05, 3.63) is 115 Å². The second kappa shape index (κ2) is 14.5. The molecular weight excluding hydrogens is 735 g/mol. The summed E-state index contributed by atoms with van der Waals surface area (Å²) in [5.74, 6) is 1.74. The lowest BCUT2D eigenvalue weighted by molar-refractivity contribution is -0.118. The number of fused-ring (bicyclic) bond motifs is 2. The highest BCUT2D eigenvalue weighted by atomic mass is 16.5. The molecule has 8 aromatic rings. The van der Waals surface area contributed by atoms with Crippen LogP contribution in [-0.4, -0.2) is 68.7 Å². The van der Waals surface area contributed by atoms with Gasteiger partial charge >= 0.3 is 0 Å². The largest absolute Gasteiger partial charge is 0.485 e. The fourth-order valence-electron chi connectivity index (χ4n) is 6.91. The first-order valence-electron chi connectivity index (χ1n) is 19.2. The summed E-state index contributed by atoms with van der Waals surface area (Å²) in [4.78, 5) is 36.5. The molecule has 0 aliphatic heterocycles. The minimum absolute atomic E-state index is 0.0184. The van der Waals surface area contributed by atoms with Gasteiger partial charge in [-0.3, -0.25) is 20.2 Å². The van der Waals surface area contributed by atoms with Crippen molar-refractivity contribution in [1.82, 2.24) is 49.8 Å². The third-order valence-corrected chi connectivity index (χ3v) is 10.4. The summed E-state index contributed by atoms with van der Waals surface area (Å²) in [7, 11) is 2.07. The van der Waals surface area contributed by atoms with Crippen molar-refractivity contribution in [3.63, 3.8) is 0 Å². The first-order chi connectivity index (χ1) is 28.4. The monoisotopic (exact) mass is 771 g/mol. The number of hydrogen-bond donors (Lipinski definition) is 3. The van der Waals surface area contributed by atoms with E-state index in [0.717, 1.165) is 70.6 Å². The molecular formula is C42H37N13O3. The Hall–Kier alpha value is -7.49. The van der Waals surface area contributed by atoms with Crippen molar-refractivity contribution >= 4 is 40.7 Å². The summed E-state index contributed by atoms with van der Waals surface area (Å²) >= 11 is 0. The predicted molar refractivity (Wildman–Crippen MR) is 216 cm³/mol. The van der Waals surface area contributed by atoms with E-state index in [1.807, 2.05) is 54.6 Å². The van der Waals surface area contributed by atoms with Gasteiger partial charge in [-0.25, -0.2) is 9.03 Å². The molecule has 0 atom stereocenters. The number of rotatable bonds is 13. The molecule has 5 heterocycles. The Kier molecular flexibility index (Phi) is 8.77. The standard InChI is InChI=1S/C42H37N13O3/c1-53(31-17-13-27(14-18-31)34-3-2-4-37-43-41(49-54(34)37)45-39(56)29-9-10-29)23-25-5-7-26(8-6-25)33-21-22-35(55-38(33)44-42(50-55)46-40(57)30-11-12-30)28-15-19-32(20-16-28)58-24-36-47-51-52-48-36/h2-8,13-22,29-30H,9-12,23-24H2,1H3,(H,45,49,56)(H,46,50,57)(H,47,48,51,52). The number of H-pyrrole nitrogens is 1. The lowest BCUT2D eigenvalue weighted by Gasteiger charge is -2.20. The van der Waals surface area contributed by atoms with Crippen LogP contribution in [0.15, 0.2) is 103 Å². The van der Waals surface area contributed by atoms with Gasteiger partial charge in [0.25, 0.3) is 0 Å². The van der Waals surface area contributed by atoms with E-state index in [0.29, 0.717) is 35.4 Å². The topological polar surface area (TPSA) is 186 Å². The number of carbonyl (C=O) groups excluding carboxylic acids is 2. The summed E-state index contributed by atoms with van der Waals surface area (Å²) in [5.41, 5.74) is 8.94. The molecule has 58 heavy (non-hydrogen) atoms. The predicted octanol–water partition coefficient (Wildman–Crippen LogP) is 6.20. The lowest BCUT2D eigenvalue weighted by atomic mass is 10.0. The maximum absolute atomic E-state index is 12.7. The molecule has 2 aliphatic carbocycles. The van der Waals surface area contributed by atoms with Crippen LogP contribution in [0.25, 0.3) is 44.9 Å². The first kappa shape index (κ1) is 35.0. The van der Waals surface area contributed by atoms with Gasteiger partial charge in [-0.05, 0) is 97.5 Å². The van der Waals surface area contributed by atoms with Gasteiger partial charge in [0.05, 0.1) is 11.4 Å². The van der Waals surface area contributed by atoms with E-state index < -0.39 is 0 Å². The van der Waals surface area contributed by atoms with Gasteiger partial charge in [0, 0.05) is 47.8 Å². The number of tetrazole rings is 1. The third-order valence-electron chi connectivity index (χ3n) is 10.4.